The summed E-state index contributed by atoms with van der Waals surface area (Å²) in [5.41, 5.74) is 7.80. The van der Waals surface area contributed by atoms with Gasteiger partial charge in [0.25, 0.3) is 5.91 Å². The van der Waals surface area contributed by atoms with Crippen LogP contribution in [0.25, 0.3) is 0 Å². The quantitative estimate of drug-likeness (QED) is 0.433. The monoisotopic (exact) mass is 437 g/mol. The van der Waals surface area contributed by atoms with Crippen LogP contribution in [-0.4, -0.2) is 23.6 Å². The number of fused-ring (bicyclic) bond motifs is 1. The van der Waals surface area contributed by atoms with Crippen molar-refractivity contribution in [3.8, 4) is 0 Å². The molecular weight excluding hydrogens is 417 g/mol. The average molecular weight is 438 g/mol. The highest BCUT2D eigenvalue weighted by atomic mass is 35.5. The van der Waals surface area contributed by atoms with Crippen LogP contribution in [0.15, 0.2) is 71.8 Å². The van der Waals surface area contributed by atoms with E-state index in [-0.39, 0.29) is 5.91 Å². The lowest BCUT2D eigenvalue weighted by Crippen LogP contribution is -2.30. The molecule has 1 aliphatic heterocycles. The molecule has 0 aliphatic carbocycles. The van der Waals surface area contributed by atoms with Crippen molar-refractivity contribution in [3.63, 3.8) is 0 Å². The van der Waals surface area contributed by atoms with Gasteiger partial charge in [0.15, 0.2) is 0 Å². The van der Waals surface area contributed by atoms with E-state index in [1.54, 1.807) is 18.2 Å². The standard InChI is InChI=1S/C24H21Cl2N3O/c25-22-10-9-20(23(26)13-22)14-27-28-24(30)19-7-5-17(6-8-19)15-29-12-11-18-3-1-2-4-21(18)16-29/h1-10,13-14H,11-12,15-16H2,(H,28,30). The molecule has 0 atom stereocenters. The third-order valence-corrected chi connectivity index (χ3v) is 5.73. The van der Waals surface area contributed by atoms with Crippen LogP contribution in [0.2, 0.25) is 10.0 Å². The molecule has 1 aliphatic rings. The van der Waals surface area contributed by atoms with Crippen molar-refractivity contribution in [3.05, 3.63) is 105 Å². The van der Waals surface area contributed by atoms with Gasteiger partial charge in [-0.1, -0.05) is 65.7 Å². The Labute approximate surface area is 186 Å². The molecule has 0 spiro atoms. The summed E-state index contributed by atoms with van der Waals surface area (Å²) in [5.74, 6) is -0.269. The number of hydrogen-bond acceptors (Lipinski definition) is 3. The molecule has 3 aromatic carbocycles. The van der Waals surface area contributed by atoms with Crippen molar-refractivity contribution in [1.82, 2.24) is 10.3 Å². The van der Waals surface area contributed by atoms with Gasteiger partial charge in [0, 0.05) is 35.8 Å². The molecule has 0 unspecified atom stereocenters. The molecule has 0 fully saturated rings. The van der Waals surface area contributed by atoms with E-state index in [2.05, 4.69) is 39.7 Å². The van der Waals surface area contributed by atoms with Gasteiger partial charge in [0.2, 0.25) is 0 Å². The highest BCUT2D eigenvalue weighted by Gasteiger charge is 2.15. The lowest BCUT2D eigenvalue weighted by molar-refractivity contribution is 0.0955. The molecule has 6 heteroatoms. The maximum absolute atomic E-state index is 12.3. The van der Waals surface area contributed by atoms with Crippen LogP contribution in [0.3, 0.4) is 0 Å². The first-order valence-corrected chi connectivity index (χ1v) is 10.5. The molecule has 152 valence electrons. The van der Waals surface area contributed by atoms with Crippen molar-refractivity contribution in [2.45, 2.75) is 19.5 Å². The maximum Gasteiger partial charge on any atom is 0.271 e. The molecule has 4 nitrogen and oxygen atoms in total. The van der Waals surface area contributed by atoms with Crippen LogP contribution in [-0.2, 0) is 19.5 Å². The number of carbonyl (C=O) groups excluding carboxylic acids is 1. The molecule has 4 rings (SSSR count). The van der Waals surface area contributed by atoms with E-state index in [4.69, 9.17) is 23.2 Å². The summed E-state index contributed by atoms with van der Waals surface area (Å²) in [6, 6.07) is 21.4. The van der Waals surface area contributed by atoms with Crippen LogP contribution in [0, 0.1) is 0 Å². The van der Waals surface area contributed by atoms with Crippen LogP contribution in [0.5, 0.6) is 0 Å². The van der Waals surface area contributed by atoms with Crippen molar-refractivity contribution < 1.29 is 4.79 Å². The zero-order valence-electron chi connectivity index (χ0n) is 16.3. The van der Waals surface area contributed by atoms with Gasteiger partial charge >= 0.3 is 0 Å². The highest BCUT2D eigenvalue weighted by molar-refractivity contribution is 6.36. The van der Waals surface area contributed by atoms with Crippen LogP contribution >= 0.6 is 23.2 Å². The molecule has 0 saturated heterocycles. The zero-order valence-corrected chi connectivity index (χ0v) is 17.8. The molecule has 1 N–H and O–H groups in total. The van der Waals surface area contributed by atoms with Crippen molar-refractivity contribution in [2.24, 2.45) is 5.10 Å². The third-order valence-electron chi connectivity index (χ3n) is 5.16. The number of benzene rings is 3. The Balaban J connectivity index is 1.33. The van der Waals surface area contributed by atoms with E-state index in [0.717, 1.165) is 26.1 Å². The van der Waals surface area contributed by atoms with Gasteiger partial charge in [-0.2, -0.15) is 5.10 Å². The largest absolute Gasteiger partial charge is 0.294 e. The highest BCUT2D eigenvalue weighted by Crippen LogP contribution is 2.21. The van der Waals surface area contributed by atoms with Gasteiger partial charge in [0.1, 0.15) is 0 Å². The molecule has 3 aromatic rings. The Bertz CT molecular complexity index is 1080. The molecular formula is C24H21Cl2N3O. The van der Waals surface area contributed by atoms with Crippen LogP contribution in [0.4, 0.5) is 0 Å². The molecule has 1 heterocycles. The van der Waals surface area contributed by atoms with Crippen molar-refractivity contribution in [1.29, 1.82) is 0 Å². The minimum Gasteiger partial charge on any atom is -0.294 e. The Morgan fingerprint density at radius 1 is 1.03 bits per heavy atom. The van der Waals surface area contributed by atoms with Crippen LogP contribution in [0.1, 0.15) is 32.6 Å². The predicted molar refractivity (Wildman–Crippen MR) is 122 cm³/mol. The van der Waals surface area contributed by atoms with Gasteiger partial charge in [-0.05, 0) is 47.4 Å². The van der Waals surface area contributed by atoms with Gasteiger partial charge in [-0.25, -0.2) is 5.43 Å². The van der Waals surface area contributed by atoms with E-state index >= 15 is 0 Å². The lowest BCUT2D eigenvalue weighted by Gasteiger charge is -2.28. The first-order valence-electron chi connectivity index (χ1n) is 9.75. The fraction of sp³-hybridized carbons (Fsp3) is 0.167. The molecule has 0 bridgehead atoms. The smallest absolute Gasteiger partial charge is 0.271 e. The van der Waals surface area contributed by atoms with Gasteiger partial charge in [0.05, 0.1) is 11.2 Å². The van der Waals surface area contributed by atoms with Crippen molar-refractivity contribution in [2.75, 3.05) is 6.54 Å². The van der Waals surface area contributed by atoms with Gasteiger partial charge < -0.3 is 0 Å². The number of nitrogens with zero attached hydrogens (tertiary/aromatic N) is 2. The van der Waals surface area contributed by atoms with Crippen molar-refractivity contribution >= 4 is 35.3 Å². The van der Waals surface area contributed by atoms with Gasteiger partial charge in [-0.3, -0.25) is 9.69 Å². The SMILES string of the molecule is O=C(NN=Cc1ccc(Cl)cc1Cl)c1ccc(CN2CCc3ccccc3C2)cc1. The lowest BCUT2D eigenvalue weighted by atomic mass is 9.99. The van der Waals surface area contributed by atoms with E-state index in [1.165, 1.54) is 22.9 Å². The number of hydrogen-bond donors (Lipinski definition) is 1. The Morgan fingerprint density at radius 2 is 1.80 bits per heavy atom. The number of hydrazone groups is 1. The summed E-state index contributed by atoms with van der Waals surface area (Å²) in [6.45, 7) is 2.87. The van der Waals surface area contributed by atoms with E-state index in [1.807, 2.05) is 24.3 Å². The van der Waals surface area contributed by atoms with Gasteiger partial charge in [-0.15, -0.1) is 0 Å². The predicted octanol–water partition coefficient (Wildman–Crippen LogP) is 5.32. The molecule has 0 saturated carbocycles. The minimum atomic E-state index is -0.269. The minimum absolute atomic E-state index is 0.269. The Kier molecular flexibility index (Phi) is 6.48. The molecule has 0 aromatic heterocycles. The molecule has 30 heavy (non-hydrogen) atoms. The molecule has 0 radical (unpaired) electrons. The summed E-state index contributed by atoms with van der Waals surface area (Å²) >= 11 is 12.0. The number of rotatable bonds is 5. The van der Waals surface area contributed by atoms with E-state index in [0.29, 0.717) is 21.2 Å². The summed E-state index contributed by atoms with van der Waals surface area (Å²) in [4.78, 5) is 14.8. The number of carbonyl (C=O) groups is 1. The third kappa shape index (κ3) is 5.08. The summed E-state index contributed by atoms with van der Waals surface area (Å²) in [7, 11) is 0. The topological polar surface area (TPSA) is 44.7 Å². The van der Waals surface area contributed by atoms with Crippen LogP contribution < -0.4 is 5.43 Å². The fourth-order valence-electron chi connectivity index (χ4n) is 3.54. The number of nitrogens with one attached hydrogen (secondary N) is 1. The van der Waals surface area contributed by atoms with E-state index < -0.39 is 0 Å². The zero-order chi connectivity index (χ0) is 20.9. The summed E-state index contributed by atoms with van der Waals surface area (Å²) < 4.78 is 0. The van der Waals surface area contributed by atoms with E-state index in [9.17, 15) is 4.79 Å². The second-order valence-electron chi connectivity index (χ2n) is 7.29. The fourth-order valence-corrected chi connectivity index (χ4v) is 4.00. The second kappa shape index (κ2) is 9.43. The summed E-state index contributed by atoms with van der Waals surface area (Å²) in [6.07, 6.45) is 2.57. The second-order valence-corrected chi connectivity index (χ2v) is 8.13. The normalized spacial score (nSPS) is 13.9. The first-order chi connectivity index (χ1) is 14.6. The first kappa shape index (κ1) is 20.6. The molecule has 1 amide bonds. The maximum atomic E-state index is 12.3. The number of amides is 1. The summed E-state index contributed by atoms with van der Waals surface area (Å²) in [5, 5.41) is 5.01. The average Bonchev–Trinajstić information content (AvgIpc) is 2.75. The number of halogens is 2. The Morgan fingerprint density at radius 3 is 2.57 bits per heavy atom. The Hall–Kier alpha value is -2.66.